The van der Waals surface area contributed by atoms with Gasteiger partial charge in [0.05, 0.1) is 12.2 Å². The van der Waals surface area contributed by atoms with E-state index in [2.05, 4.69) is 15.3 Å². The van der Waals surface area contributed by atoms with Crippen LogP contribution in [0.2, 0.25) is 0 Å². The summed E-state index contributed by atoms with van der Waals surface area (Å²) >= 11 is 0. The maximum absolute atomic E-state index is 5.41. The van der Waals surface area contributed by atoms with Crippen LogP contribution in [-0.2, 0) is 6.54 Å². The summed E-state index contributed by atoms with van der Waals surface area (Å²) in [4.78, 5) is 4.15. The molecule has 0 fully saturated rings. The summed E-state index contributed by atoms with van der Waals surface area (Å²) in [5.41, 5.74) is 7.80. The van der Waals surface area contributed by atoms with E-state index in [1.165, 1.54) is 0 Å². The fourth-order valence-corrected chi connectivity index (χ4v) is 1.66. The summed E-state index contributed by atoms with van der Waals surface area (Å²) in [7, 11) is 0. The lowest BCUT2D eigenvalue weighted by Gasteiger charge is -1.93. The number of aromatic nitrogens is 3. The number of aryl methyl sites for hydroxylation is 1. The molecule has 0 bridgehead atoms. The Morgan fingerprint density at radius 2 is 2.12 bits per heavy atom. The van der Waals surface area contributed by atoms with Gasteiger partial charge in [0.15, 0.2) is 5.58 Å². The van der Waals surface area contributed by atoms with Crippen molar-refractivity contribution in [3.05, 3.63) is 29.8 Å². The van der Waals surface area contributed by atoms with Crippen LogP contribution in [0.25, 0.3) is 22.4 Å². The molecule has 0 aliphatic rings. The molecule has 0 aliphatic carbocycles. The van der Waals surface area contributed by atoms with E-state index in [1.807, 2.05) is 25.1 Å². The van der Waals surface area contributed by atoms with Crippen LogP contribution < -0.4 is 5.73 Å². The van der Waals surface area contributed by atoms with Gasteiger partial charge in [0.25, 0.3) is 0 Å². The second kappa shape index (κ2) is 3.67. The predicted octanol–water partition coefficient (Wildman–Crippen LogP) is 1.64. The van der Waals surface area contributed by atoms with E-state index in [1.54, 1.807) is 0 Å². The molecule has 3 rings (SSSR count). The Morgan fingerprint density at radius 1 is 1.24 bits per heavy atom. The molecule has 2 N–H and O–H groups in total. The fourth-order valence-electron chi connectivity index (χ4n) is 1.66. The molecule has 0 radical (unpaired) electrons. The third-order valence-corrected chi connectivity index (χ3v) is 2.55. The summed E-state index contributed by atoms with van der Waals surface area (Å²) < 4.78 is 10.1. The zero-order valence-electron chi connectivity index (χ0n) is 9.17. The average molecular weight is 230 g/mol. The highest BCUT2D eigenvalue weighted by Crippen LogP contribution is 2.24. The largest absolute Gasteiger partial charge is 0.356 e. The number of hydrogen-bond donors (Lipinski definition) is 1. The van der Waals surface area contributed by atoms with Crippen molar-refractivity contribution in [1.82, 2.24) is 15.3 Å². The molecule has 3 aromatic rings. The molecule has 0 saturated carbocycles. The molecule has 2 heterocycles. The Kier molecular flexibility index (Phi) is 2.15. The van der Waals surface area contributed by atoms with Gasteiger partial charge in [0.2, 0.25) is 11.7 Å². The second-order valence-corrected chi connectivity index (χ2v) is 3.69. The zero-order chi connectivity index (χ0) is 11.8. The number of nitrogens with two attached hydrogens (primary N) is 1. The Labute approximate surface area is 96.4 Å². The minimum atomic E-state index is 0.233. The van der Waals surface area contributed by atoms with E-state index in [0.717, 1.165) is 16.6 Å². The molecule has 86 valence electrons. The number of rotatable bonds is 2. The van der Waals surface area contributed by atoms with Crippen LogP contribution in [0.1, 0.15) is 11.6 Å². The van der Waals surface area contributed by atoms with E-state index >= 15 is 0 Å². The Balaban J connectivity index is 2.11. The lowest BCUT2D eigenvalue weighted by atomic mass is 10.1. The predicted molar refractivity (Wildman–Crippen MR) is 59.9 cm³/mol. The first-order valence-electron chi connectivity index (χ1n) is 5.17. The smallest absolute Gasteiger partial charge is 0.240 e. The summed E-state index contributed by atoms with van der Waals surface area (Å²) in [6.07, 6.45) is 0. The van der Waals surface area contributed by atoms with Crippen molar-refractivity contribution in [2.45, 2.75) is 13.5 Å². The Hall–Kier alpha value is -2.21. The molecule has 0 unspecified atom stereocenters. The van der Waals surface area contributed by atoms with Crippen LogP contribution in [0.5, 0.6) is 0 Å². The molecular formula is C11H10N4O2. The van der Waals surface area contributed by atoms with Gasteiger partial charge in [-0.2, -0.15) is 4.98 Å². The lowest BCUT2D eigenvalue weighted by molar-refractivity contribution is 0.380. The summed E-state index contributed by atoms with van der Waals surface area (Å²) in [6.45, 7) is 2.13. The van der Waals surface area contributed by atoms with Gasteiger partial charge in [-0.15, -0.1) is 0 Å². The van der Waals surface area contributed by atoms with Gasteiger partial charge in [-0.3, -0.25) is 0 Å². The maximum Gasteiger partial charge on any atom is 0.240 e. The summed E-state index contributed by atoms with van der Waals surface area (Å²) in [5.74, 6) is 0.912. The second-order valence-electron chi connectivity index (χ2n) is 3.69. The van der Waals surface area contributed by atoms with Gasteiger partial charge >= 0.3 is 0 Å². The standard InChI is InChI=1S/C11H10N4O2/c1-6-8-3-2-7(4-9(8)16-14-6)11-13-10(5-12)17-15-11/h2-4H,5,12H2,1H3. The van der Waals surface area contributed by atoms with Crippen molar-refractivity contribution in [3.63, 3.8) is 0 Å². The van der Waals surface area contributed by atoms with Crippen LogP contribution >= 0.6 is 0 Å². The minimum absolute atomic E-state index is 0.233. The third kappa shape index (κ3) is 1.58. The van der Waals surface area contributed by atoms with Crippen molar-refractivity contribution in [2.24, 2.45) is 5.73 Å². The van der Waals surface area contributed by atoms with Crippen LogP contribution in [0.15, 0.2) is 27.2 Å². The number of fused-ring (bicyclic) bond motifs is 1. The first kappa shape index (κ1) is 9.98. The van der Waals surface area contributed by atoms with E-state index in [-0.39, 0.29) is 6.54 Å². The highest BCUT2D eigenvalue weighted by Gasteiger charge is 2.10. The number of hydrogen-bond acceptors (Lipinski definition) is 6. The number of nitrogens with zero attached hydrogens (tertiary/aromatic N) is 3. The van der Waals surface area contributed by atoms with Crippen LogP contribution in [0, 0.1) is 6.92 Å². The third-order valence-electron chi connectivity index (χ3n) is 2.55. The molecule has 0 saturated heterocycles. The Morgan fingerprint density at radius 3 is 2.88 bits per heavy atom. The van der Waals surface area contributed by atoms with E-state index in [9.17, 15) is 0 Å². The summed E-state index contributed by atoms with van der Waals surface area (Å²) in [6, 6.07) is 5.66. The van der Waals surface area contributed by atoms with E-state index in [4.69, 9.17) is 14.8 Å². The average Bonchev–Trinajstić information content (AvgIpc) is 2.96. The Bertz CT molecular complexity index is 671. The van der Waals surface area contributed by atoms with Crippen LogP contribution in [0.3, 0.4) is 0 Å². The van der Waals surface area contributed by atoms with Crippen LogP contribution in [-0.4, -0.2) is 15.3 Å². The quantitative estimate of drug-likeness (QED) is 0.719. The SMILES string of the molecule is Cc1noc2cc(-c3noc(CN)n3)ccc12. The topological polar surface area (TPSA) is 91.0 Å². The summed E-state index contributed by atoms with van der Waals surface area (Å²) in [5, 5.41) is 8.72. The minimum Gasteiger partial charge on any atom is -0.356 e. The molecule has 1 aromatic carbocycles. The van der Waals surface area contributed by atoms with Crippen molar-refractivity contribution in [1.29, 1.82) is 0 Å². The van der Waals surface area contributed by atoms with Crippen molar-refractivity contribution >= 4 is 11.0 Å². The molecule has 6 nitrogen and oxygen atoms in total. The molecule has 0 spiro atoms. The van der Waals surface area contributed by atoms with Crippen molar-refractivity contribution in [2.75, 3.05) is 0 Å². The highest BCUT2D eigenvalue weighted by atomic mass is 16.5. The van der Waals surface area contributed by atoms with Gasteiger partial charge in [-0.05, 0) is 19.1 Å². The number of benzene rings is 1. The maximum atomic E-state index is 5.41. The van der Waals surface area contributed by atoms with E-state index in [0.29, 0.717) is 17.3 Å². The van der Waals surface area contributed by atoms with Gasteiger partial charge in [0.1, 0.15) is 0 Å². The monoisotopic (exact) mass is 230 g/mol. The first-order chi connectivity index (χ1) is 8.28. The first-order valence-corrected chi connectivity index (χ1v) is 5.17. The lowest BCUT2D eigenvalue weighted by Crippen LogP contribution is -1.95. The van der Waals surface area contributed by atoms with Crippen molar-refractivity contribution < 1.29 is 9.05 Å². The molecule has 6 heteroatoms. The highest BCUT2D eigenvalue weighted by molar-refractivity contribution is 5.83. The molecule has 0 amide bonds. The van der Waals surface area contributed by atoms with Gasteiger partial charge in [-0.25, -0.2) is 0 Å². The van der Waals surface area contributed by atoms with Gasteiger partial charge in [-0.1, -0.05) is 16.4 Å². The molecule has 17 heavy (non-hydrogen) atoms. The zero-order valence-corrected chi connectivity index (χ0v) is 9.17. The van der Waals surface area contributed by atoms with Crippen LogP contribution in [0.4, 0.5) is 0 Å². The molecule has 0 aliphatic heterocycles. The molecule has 2 aromatic heterocycles. The molecule has 0 atom stereocenters. The van der Waals surface area contributed by atoms with Gasteiger partial charge < -0.3 is 14.8 Å². The normalized spacial score (nSPS) is 11.2. The molecular weight excluding hydrogens is 220 g/mol. The fraction of sp³-hybridized carbons (Fsp3) is 0.182. The van der Waals surface area contributed by atoms with Crippen molar-refractivity contribution in [3.8, 4) is 11.4 Å². The van der Waals surface area contributed by atoms with Gasteiger partial charge in [0, 0.05) is 10.9 Å². The van der Waals surface area contributed by atoms with E-state index < -0.39 is 0 Å².